The third-order valence-electron chi connectivity index (χ3n) is 7.38. The van der Waals surface area contributed by atoms with Gasteiger partial charge in [-0.2, -0.15) is 18.2 Å². The van der Waals surface area contributed by atoms with Crippen LogP contribution in [0.2, 0.25) is 0 Å². The molecule has 2 aromatic rings. The minimum Gasteiger partial charge on any atom is -0.366 e. The third kappa shape index (κ3) is 7.83. The van der Waals surface area contributed by atoms with Crippen LogP contribution in [0.1, 0.15) is 61.9 Å². The van der Waals surface area contributed by atoms with Gasteiger partial charge >= 0.3 is 6.18 Å². The highest BCUT2D eigenvalue weighted by Gasteiger charge is 2.39. The van der Waals surface area contributed by atoms with Gasteiger partial charge in [0.2, 0.25) is 11.9 Å². The summed E-state index contributed by atoms with van der Waals surface area (Å²) in [5.41, 5.74) is 0.00715. The van der Waals surface area contributed by atoms with Crippen molar-refractivity contribution in [3.63, 3.8) is 0 Å². The number of nitrogens with one attached hydrogen (secondary N) is 4. The second-order valence-corrected chi connectivity index (χ2v) is 11.1. The fourth-order valence-electron chi connectivity index (χ4n) is 5.39. The first-order valence-corrected chi connectivity index (χ1v) is 13.8. The first-order valence-electron chi connectivity index (χ1n) is 13.8. The molecule has 218 valence electrons. The largest absolute Gasteiger partial charge is 0.421 e. The van der Waals surface area contributed by atoms with Gasteiger partial charge in [-0.1, -0.05) is 6.42 Å². The molecule has 1 aromatic carbocycles. The molecule has 4 N–H and O–H groups in total. The normalized spacial score (nSPS) is 21.7. The Kier molecular flexibility index (Phi) is 9.49. The summed E-state index contributed by atoms with van der Waals surface area (Å²) in [5.74, 6) is -0.787. The smallest absolute Gasteiger partial charge is 0.366 e. The van der Waals surface area contributed by atoms with Gasteiger partial charge in [-0.15, -0.1) is 0 Å². The van der Waals surface area contributed by atoms with Crippen molar-refractivity contribution in [2.75, 3.05) is 37.3 Å². The zero-order chi connectivity index (χ0) is 28.9. The van der Waals surface area contributed by atoms with Crippen LogP contribution in [0.25, 0.3) is 0 Å². The quantitative estimate of drug-likeness (QED) is 0.359. The predicted molar refractivity (Wildman–Crippen MR) is 147 cm³/mol. The first kappa shape index (κ1) is 29.6. The average molecular weight is 562 g/mol. The van der Waals surface area contributed by atoms with Crippen LogP contribution in [-0.4, -0.2) is 65.4 Å². The van der Waals surface area contributed by atoms with Crippen LogP contribution in [0.3, 0.4) is 0 Å². The average Bonchev–Trinajstić information content (AvgIpc) is 3.35. The topological polar surface area (TPSA) is 111 Å². The van der Waals surface area contributed by atoms with Gasteiger partial charge in [-0.25, -0.2) is 4.98 Å². The SMILES string of the molecule is CC(C)NC(=O)C1CCCC1Nc1nc(Nc2ccc(C(=O)NCC3CCCN(C)C3)cc2)ncc1C(F)(F)F. The second-order valence-electron chi connectivity index (χ2n) is 11.1. The number of aromatic nitrogens is 2. The molecule has 1 aliphatic carbocycles. The van der Waals surface area contributed by atoms with E-state index in [2.05, 4.69) is 43.2 Å². The molecule has 3 atom stereocenters. The Morgan fingerprint density at radius 1 is 1.10 bits per heavy atom. The number of piperidine rings is 1. The molecule has 9 nitrogen and oxygen atoms in total. The zero-order valence-electron chi connectivity index (χ0n) is 23.1. The highest BCUT2D eigenvalue weighted by Crippen LogP contribution is 2.36. The molecule has 2 heterocycles. The summed E-state index contributed by atoms with van der Waals surface area (Å²) in [6.45, 7) is 6.33. The number of benzene rings is 1. The third-order valence-corrected chi connectivity index (χ3v) is 7.38. The lowest BCUT2D eigenvalue weighted by atomic mass is 9.98. The maximum Gasteiger partial charge on any atom is 0.421 e. The van der Waals surface area contributed by atoms with E-state index < -0.39 is 23.7 Å². The van der Waals surface area contributed by atoms with Crippen molar-refractivity contribution in [1.29, 1.82) is 0 Å². The Balaban J connectivity index is 1.42. The number of anilines is 3. The van der Waals surface area contributed by atoms with Crippen LogP contribution >= 0.6 is 0 Å². The zero-order valence-corrected chi connectivity index (χ0v) is 23.1. The highest BCUT2D eigenvalue weighted by atomic mass is 19.4. The van der Waals surface area contributed by atoms with E-state index in [0.29, 0.717) is 36.6 Å². The van der Waals surface area contributed by atoms with Crippen molar-refractivity contribution < 1.29 is 22.8 Å². The Morgan fingerprint density at radius 2 is 1.85 bits per heavy atom. The fourth-order valence-corrected chi connectivity index (χ4v) is 5.39. The van der Waals surface area contributed by atoms with E-state index in [0.717, 1.165) is 38.5 Å². The van der Waals surface area contributed by atoms with Crippen molar-refractivity contribution in [2.24, 2.45) is 11.8 Å². The number of halogens is 3. The summed E-state index contributed by atoms with van der Waals surface area (Å²) < 4.78 is 41.3. The fraction of sp³-hybridized carbons (Fsp3) is 0.571. The molecule has 0 bridgehead atoms. The maximum atomic E-state index is 13.8. The number of amides is 2. The summed E-state index contributed by atoms with van der Waals surface area (Å²) in [7, 11) is 2.08. The van der Waals surface area contributed by atoms with Gasteiger partial charge in [0, 0.05) is 42.6 Å². The van der Waals surface area contributed by atoms with E-state index in [4.69, 9.17) is 0 Å². The Labute approximate surface area is 232 Å². The minimum atomic E-state index is -4.67. The lowest BCUT2D eigenvalue weighted by Gasteiger charge is -2.29. The molecule has 0 radical (unpaired) electrons. The number of rotatable bonds is 9. The molecule has 0 spiro atoms. The van der Waals surface area contributed by atoms with Crippen molar-refractivity contribution in [3.05, 3.63) is 41.6 Å². The van der Waals surface area contributed by atoms with Gasteiger partial charge in [0.25, 0.3) is 5.91 Å². The number of likely N-dealkylation sites (tertiary alicyclic amines) is 1. The van der Waals surface area contributed by atoms with Gasteiger partial charge in [0.1, 0.15) is 11.4 Å². The van der Waals surface area contributed by atoms with E-state index in [1.807, 2.05) is 13.8 Å². The lowest BCUT2D eigenvalue weighted by molar-refractivity contribution is -0.137. The monoisotopic (exact) mass is 561 g/mol. The number of nitrogens with zero attached hydrogens (tertiary/aromatic N) is 3. The number of carbonyl (C=O) groups is 2. The summed E-state index contributed by atoms with van der Waals surface area (Å²) in [5, 5.41) is 11.6. The van der Waals surface area contributed by atoms with Crippen LogP contribution in [0, 0.1) is 11.8 Å². The number of carbonyl (C=O) groups excluding carboxylic acids is 2. The van der Waals surface area contributed by atoms with E-state index in [-0.39, 0.29) is 29.6 Å². The summed E-state index contributed by atoms with van der Waals surface area (Å²) in [6, 6.07) is 6.05. The minimum absolute atomic E-state index is 0.0321. The van der Waals surface area contributed by atoms with E-state index in [9.17, 15) is 22.8 Å². The van der Waals surface area contributed by atoms with Crippen LogP contribution in [0.5, 0.6) is 0 Å². The predicted octanol–water partition coefficient (Wildman–Crippen LogP) is 4.42. The van der Waals surface area contributed by atoms with Gasteiger partial charge in [0.05, 0.1) is 5.92 Å². The van der Waals surface area contributed by atoms with E-state index >= 15 is 0 Å². The van der Waals surface area contributed by atoms with Crippen molar-refractivity contribution in [2.45, 2.75) is 64.2 Å². The molecule has 40 heavy (non-hydrogen) atoms. The molecule has 3 unspecified atom stereocenters. The van der Waals surface area contributed by atoms with Gasteiger partial charge in [0.15, 0.2) is 0 Å². The molecule has 1 aromatic heterocycles. The number of hydrogen-bond acceptors (Lipinski definition) is 7. The van der Waals surface area contributed by atoms with Crippen LogP contribution in [0.15, 0.2) is 30.5 Å². The lowest BCUT2D eigenvalue weighted by Crippen LogP contribution is -2.41. The Morgan fingerprint density at radius 3 is 2.52 bits per heavy atom. The summed E-state index contributed by atoms with van der Waals surface area (Å²) in [6.07, 6.45) is 0.145. The van der Waals surface area contributed by atoms with Gasteiger partial charge < -0.3 is 26.2 Å². The molecule has 1 saturated heterocycles. The standard InChI is InChI=1S/C28H38F3N7O2/c1-17(2)34-26(40)21-7-4-8-23(21)36-24-22(28(29,30)31)15-33-27(37-24)35-20-11-9-19(10-12-20)25(39)32-14-18-6-5-13-38(3)16-18/h9-12,15,17-18,21,23H,4-8,13-14,16H2,1-3H3,(H,32,39)(H,34,40)(H2,33,35,36,37). The van der Waals surface area contributed by atoms with Crippen LogP contribution < -0.4 is 21.3 Å². The van der Waals surface area contributed by atoms with E-state index in [1.54, 1.807) is 24.3 Å². The van der Waals surface area contributed by atoms with Crippen LogP contribution in [-0.2, 0) is 11.0 Å². The highest BCUT2D eigenvalue weighted by molar-refractivity contribution is 5.94. The van der Waals surface area contributed by atoms with E-state index in [1.165, 1.54) is 0 Å². The molecular formula is C28H38F3N7O2. The van der Waals surface area contributed by atoms with Crippen LogP contribution in [0.4, 0.5) is 30.6 Å². The number of hydrogen-bond donors (Lipinski definition) is 4. The molecule has 4 rings (SSSR count). The number of alkyl halides is 3. The maximum absolute atomic E-state index is 13.8. The Hall–Kier alpha value is -3.41. The van der Waals surface area contributed by atoms with Crippen molar-refractivity contribution in [3.8, 4) is 0 Å². The Bertz CT molecular complexity index is 1170. The summed E-state index contributed by atoms with van der Waals surface area (Å²) in [4.78, 5) is 35.5. The molecule has 1 saturated carbocycles. The van der Waals surface area contributed by atoms with Crippen molar-refractivity contribution >= 4 is 29.3 Å². The molecule has 1 aliphatic heterocycles. The molecule has 2 aliphatic rings. The van der Waals surface area contributed by atoms with Crippen molar-refractivity contribution in [1.82, 2.24) is 25.5 Å². The van der Waals surface area contributed by atoms with Gasteiger partial charge in [-0.3, -0.25) is 9.59 Å². The summed E-state index contributed by atoms with van der Waals surface area (Å²) >= 11 is 0. The first-order chi connectivity index (χ1) is 19.0. The molecule has 2 amide bonds. The molecule has 2 fully saturated rings. The van der Waals surface area contributed by atoms with Gasteiger partial charge in [-0.05, 0) is 83.3 Å². The molecular weight excluding hydrogens is 523 g/mol. The second kappa shape index (κ2) is 12.8. The molecule has 12 heteroatoms.